The van der Waals surface area contributed by atoms with E-state index in [1.165, 1.54) is 5.56 Å². The van der Waals surface area contributed by atoms with Gasteiger partial charge in [0.05, 0.1) is 6.54 Å². The van der Waals surface area contributed by atoms with Crippen LogP contribution in [-0.4, -0.2) is 25.0 Å². The fraction of sp³-hybridized carbons (Fsp3) is 0.562. The molecule has 1 aromatic rings. The van der Waals surface area contributed by atoms with Crippen LogP contribution in [-0.2, 0) is 11.3 Å². The van der Waals surface area contributed by atoms with Gasteiger partial charge < -0.3 is 16.0 Å². The summed E-state index contributed by atoms with van der Waals surface area (Å²) in [6.07, 6.45) is 0. The number of nitrogens with one attached hydrogen (secondary N) is 1. The highest BCUT2D eigenvalue weighted by atomic mass is 79.9. The van der Waals surface area contributed by atoms with Crippen molar-refractivity contribution in [2.75, 3.05) is 18.0 Å². The third-order valence-corrected chi connectivity index (χ3v) is 3.77. The van der Waals surface area contributed by atoms with E-state index in [0.29, 0.717) is 12.0 Å². The first-order chi connectivity index (χ1) is 9.79. The van der Waals surface area contributed by atoms with Gasteiger partial charge in [-0.05, 0) is 23.6 Å². The second kappa shape index (κ2) is 8.39. The zero-order chi connectivity index (χ0) is 16.0. The van der Waals surface area contributed by atoms with E-state index >= 15 is 0 Å². The molecule has 0 bridgehead atoms. The van der Waals surface area contributed by atoms with Crippen LogP contribution in [0.3, 0.4) is 0 Å². The normalized spacial score (nSPS) is 11.2. The number of carbonyl (C=O) groups excluding carboxylic acids is 1. The number of nitrogens with two attached hydrogens (primary N) is 1. The molecule has 1 rings (SSSR count). The van der Waals surface area contributed by atoms with E-state index < -0.39 is 0 Å². The summed E-state index contributed by atoms with van der Waals surface area (Å²) >= 11 is 3.62. The fourth-order valence-electron chi connectivity index (χ4n) is 2.08. The Balaban J connectivity index is 2.89. The summed E-state index contributed by atoms with van der Waals surface area (Å²) in [6.45, 7) is 10.4. The average molecular weight is 356 g/mol. The molecular weight excluding hydrogens is 330 g/mol. The zero-order valence-corrected chi connectivity index (χ0v) is 14.9. The molecule has 1 aromatic carbocycles. The van der Waals surface area contributed by atoms with E-state index in [9.17, 15) is 4.79 Å². The number of rotatable bonds is 8. The minimum atomic E-state index is -0.308. The topological polar surface area (TPSA) is 58.4 Å². The molecule has 1 amide bonds. The number of benzene rings is 1. The molecule has 0 saturated heterocycles. The first-order valence-electron chi connectivity index (χ1n) is 7.34. The van der Waals surface area contributed by atoms with Crippen molar-refractivity contribution in [3.63, 3.8) is 0 Å². The van der Waals surface area contributed by atoms with Crippen LogP contribution in [0.2, 0.25) is 0 Å². The van der Waals surface area contributed by atoms with Crippen LogP contribution >= 0.6 is 15.9 Å². The van der Waals surface area contributed by atoms with Gasteiger partial charge in [-0.1, -0.05) is 49.7 Å². The molecule has 3 N–H and O–H groups in total. The van der Waals surface area contributed by atoms with Crippen LogP contribution in [0.25, 0.3) is 0 Å². The average Bonchev–Trinajstić information content (AvgIpc) is 2.35. The Bertz CT molecular complexity index is 475. The molecule has 0 unspecified atom stereocenters. The largest absolute Gasteiger partial charge is 0.368 e. The highest BCUT2D eigenvalue weighted by Crippen LogP contribution is 2.25. The van der Waals surface area contributed by atoms with Gasteiger partial charge in [0, 0.05) is 29.3 Å². The van der Waals surface area contributed by atoms with Gasteiger partial charge in [0.15, 0.2) is 0 Å². The van der Waals surface area contributed by atoms with Crippen molar-refractivity contribution in [1.29, 1.82) is 0 Å². The summed E-state index contributed by atoms with van der Waals surface area (Å²) in [7, 11) is 0. The van der Waals surface area contributed by atoms with Crippen LogP contribution in [0.15, 0.2) is 22.7 Å². The Kier molecular flexibility index (Phi) is 7.18. The van der Waals surface area contributed by atoms with E-state index in [1.807, 2.05) is 11.0 Å². The molecule has 0 radical (unpaired) electrons. The zero-order valence-electron chi connectivity index (χ0n) is 13.3. The summed E-state index contributed by atoms with van der Waals surface area (Å²) in [5.41, 5.74) is 7.57. The molecule has 4 nitrogen and oxygen atoms in total. The Hall–Kier alpha value is -1.07. The molecule has 0 aromatic heterocycles. The maximum atomic E-state index is 11.3. The van der Waals surface area contributed by atoms with Crippen molar-refractivity contribution in [2.45, 2.75) is 40.3 Å². The first-order valence-corrected chi connectivity index (χ1v) is 8.14. The van der Waals surface area contributed by atoms with Gasteiger partial charge in [0.2, 0.25) is 5.91 Å². The van der Waals surface area contributed by atoms with Crippen LogP contribution in [0.4, 0.5) is 5.69 Å². The SMILES string of the molecule is CC(C)CN(CC(N)=O)c1ccc(CNC(C)C)c(Br)c1. The lowest BCUT2D eigenvalue weighted by atomic mass is 10.1. The van der Waals surface area contributed by atoms with E-state index in [0.717, 1.165) is 23.2 Å². The number of nitrogens with zero attached hydrogens (tertiary/aromatic N) is 1. The van der Waals surface area contributed by atoms with Crippen molar-refractivity contribution in [3.05, 3.63) is 28.2 Å². The molecule has 0 fully saturated rings. The molecule has 0 spiro atoms. The van der Waals surface area contributed by atoms with Crippen molar-refractivity contribution < 1.29 is 4.79 Å². The summed E-state index contributed by atoms with van der Waals surface area (Å²) in [6, 6.07) is 6.64. The smallest absolute Gasteiger partial charge is 0.236 e. The number of primary amides is 1. The Morgan fingerprint density at radius 1 is 1.33 bits per heavy atom. The predicted molar refractivity (Wildman–Crippen MR) is 92.4 cm³/mol. The van der Waals surface area contributed by atoms with Gasteiger partial charge >= 0.3 is 0 Å². The minimum Gasteiger partial charge on any atom is -0.368 e. The molecule has 0 aliphatic heterocycles. The second-order valence-corrected chi connectivity index (χ2v) is 6.91. The lowest BCUT2D eigenvalue weighted by molar-refractivity contribution is -0.116. The van der Waals surface area contributed by atoms with Gasteiger partial charge in [-0.25, -0.2) is 0 Å². The maximum Gasteiger partial charge on any atom is 0.236 e. The van der Waals surface area contributed by atoms with Gasteiger partial charge in [0.1, 0.15) is 0 Å². The quantitative estimate of drug-likeness (QED) is 0.753. The molecule has 21 heavy (non-hydrogen) atoms. The molecule has 0 atom stereocenters. The summed E-state index contributed by atoms with van der Waals surface area (Å²) in [4.78, 5) is 13.3. The first kappa shape index (κ1) is 18.0. The Morgan fingerprint density at radius 2 is 2.00 bits per heavy atom. The van der Waals surface area contributed by atoms with Gasteiger partial charge in [0.25, 0.3) is 0 Å². The van der Waals surface area contributed by atoms with Gasteiger partial charge in [-0.15, -0.1) is 0 Å². The number of hydrogen-bond donors (Lipinski definition) is 2. The highest BCUT2D eigenvalue weighted by Gasteiger charge is 2.13. The third kappa shape index (κ3) is 6.48. The molecule has 118 valence electrons. The van der Waals surface area contributed by atoms with Crippen molar-refractivity contribution in [3.8, 4) is 0 Å². The number of amides is 1. The van der Waals surface area contributed by atoms with Crippen molar-refractivity contribution in [2.24, 2.45) is 11.7 Å². The predicted octanol–water partition coefficient (Wildman–Crippen LogP) is 2.89. The van der Waals surface area contributed by atoms with E-state index in [-0.39, 0.29) is 12.5 Å². The highest BCUT2D eigenvalue weighted by molar-refractivity contribution is 9.10. The molecule has 5 heteroatoms. The standard InChI is InChI=1S/C16H26BrN3O/c1-11(2)9-20(10-16(18)21)14-6-5-13(15(17)7-14)8-19-12(3)4/h5-7,11-12,19H,8-10H2,1-4H3,(H2,18,21). The van der Waals surface area contributed by atoms with Crippen LogP contribution in [0.5, 0.6) is 0 Å². The number of hydrogen-bond acceptors (Lipinski definition) is 3. The lowest BCUT2D eigenvalue weighted by Crippen LogP contribution is -2.36. The Labute approximate surface area is 136 Å². The van der Waals surface area contributed by atoms with Crippen LogP contribution in [0, 0.1) is 5.92 Å². The number of carbonyl (C=O) groups is 1. The van der Waals surface area contributed by atoms with Crippen molar-refractivity contribution >= 4 is 27.5 Å². The molecule has 0 heterocycles. The summed E-state index contributed by atoms with van der Waals surface area (Å²) < 4.78 is 1.05. The van der Waals surface area contributed by atoms with Crippen LogP contribution in [0.1, 0.15) is 33.3 Å². The number of halogens is 1. The summed E-state index contributed by atoms with van der Waals surface area (Å²) in [5.74, 6) is 0.155. The second-order valence-electron chi connectivity index (χ2n) is 6.05. The fourth-order valence-corrected chi connectivity index (χ4v) is 2.59. The molecule has 0 aliphatic carbocycles. The molecular formula is C16H26BrN3O. The van der Waals surface area contributed by atoms with E-state index in [4.69, 9.17) is 5.73 Å². The van der Waals surface area contributed by atoms with E-state index in [1.54, 1.807) is 0 Å². The third-order valence-electron chi connectivity index (χ3n) is 3.03. The summed E-state index contributed by atoms with van der Waals surface area (Å²) in [5, 5.41) is 3.40. The minimum absolute atomic E-state index is 0.244. The number of anilines is 1. The monoisotopic (exact) mass is 355 g/mol. The Morgan fingerprint density at radius 3 is 2.48 bits per heavy atom. The van der Waals surface area contributed by atoms with Crippen LogP contribution < -0.4 is 16.0 Å². The van der Waals surface area contributed by atoms with Gasteiger partial charge in [-0.3, -0.25) is 4.79 Å². The van der Waals surface area contributed by atoms with Gasteiger partial charge in [-0.2, -0.15) is 0 Å². The van der Waals surface area contributed by atoms with Crippen molar-refractivity contribution in [1.82, 2.24) is 5.32 Å². The lowest BCUT2D eigenvalue weighted by Gasteiger charge is -2.26. The van der Waals surface area contributed by atoms with E-state index in [2.05, 4.69) is 61.1 Å². The molecule has 0 aliphatic rings. The molecule has 0 saturated carbocycles. The maximum absolute atomic E-state index is 11.3.